The first-order valence-electron chi connectivity index (χ1n) is 5.82. The third-order valence-corrected chi connectivity index (χ3v) is 3.44. The Bertz CT molecular complexity index is 340. The Hall–Kier alpha value is -0.670. The van der Waals surface area contributed by atoms with Crippen molar-refractivity contribution in [2.24, 2.45) is 5.92 Å². The van der Waals surface area contributed by atoms with Crippen LogP contribution in [0.5, 0.6) is 0 Å². The van der Waals surface area contributed by atoms with E-state index in [0.29, 0.717) is 11.1 Å². The summed E-state index contributed by atoms with van der Waals surface area (Å²) in [6.07, 6.45) is 8.00. The third-order valence-electron chi connectivity index (χ3n) is 3.23. The van der Waals surface area contributed by atoms with Crippen molar-refractivity contribution in [3.05, 3.63) is 23.2 Å². The van der Waals surface area contributed by atoms with Crippen molar-refractivity contribution in [1.82, 2.24) is 9.97 Å². The van der Waals surface area contributed by atoms with E-state index in [9.17, 15) is 0 Å². The Labute approximate surface area is 101 Å². The summed E-state index contributed by atoms with van der Waals surface area (Å²) < 4.78 is 5.55. The van der Waals surface area contributed by atoms with Gasteiger partial charge >= 0.3 is 0 Å². The molecule has 3 nitrogen and oxygen atoms in total. The second kappa shape index (κ2) is 5.60. The molecule has 0 N–H and O–H groups in total. The first kappa shape index (κ1) is 11.8. The topological polar surface area (TPSA) is 35.0 Å². The molecule has 0 aliphatic heterocycles. The number of hydrogen-bond donors (Lipinski definition) is 0. The van der Waals surface area contributed by atoms with Gasteiger partial charge in [-0.2, -0.15) is 0 Å². The van der Waals surface area contributed by atoms with Gasteiger partial charge in [-0.25, -0.2) is 9.97 Å². The first-order valence-corrected chi connectivity index (χ1v) is 6.20. The molecule has 1 aromatic heterocycles. The zero-order valence-corrected chi connectivity index (χ0v) is 10.3. The van der Waals surface area contributed by atoms with Crippen LogP contribution in [0.15, 0.2) is 12.3 Å². The van der Waals surface area contributed by atoms with E-state index in [1.54, 1.807) is 19.4 Å². The number of methoxy groups -OCH3 is 1. The molecule has 0 radical (unpaired) electrons. The molecular weight excluding hydrogens is 224 g/mol. The minimum atomic E-state index is -0.000926. The highest BCUT2D eigenvalue weighted by Crippen LogP contribution is 2.35. The minimum Gasteiger partial charge on any atom is -0.373 e. The van der Waals surface area contributed by atoms with Gasteiger partial charge < -0.3 is 4.74 Å². The fraction of sp³-hybridized carbons (Fsp3) is 0.667. The van der Waals surface area contributed by atoms with Gasteiger partial charge in [0.25, 0.3) is 0 Å². The molecular formula is C12H17ClN2O. The van der Waals surface area contributed by atoms with Crippen LogP contribution < -0.4 is 0 Å². The molecule has 1 fully saturated rings. The third kappa shape index (κ3) is 2.71. The molecule has 1 aromatic rings. The lowest BCUT2D eigenvalue weighted by molar-refractivity contribution is 0.0289. The van der Waals surface area contributed by atoms with Crippen LogP contribution in [0.3, 0.4) is 0 Å². The lowest BCUT2D eigenvalue weighted by Gasteiger charge is -2.28. The summed E-state index contributed by atoms with van der Waals surface area (Å²) in [5.74, 6) is 1.26. The zero-order chi connectivity index (χ0) is 11.4. The Morgan fingerprint density at radius 2 is 2.12 bits per heavy atom. The SMILES string of the molecule is COC(c1nccc(Cl)n1)C1CCCCC1. The van der Waals surface area contributed by atoms with Gasteiger partial charge in [0.05, 0.1) is 0 Å². The molecule has 0 amide bonds. The summed E-state index contributed by atoms with van der Waals surface area (Å²) in [5.41, 5.74) is 0. The van der Waals surface area contributed by atoms with Crippen molar-refractivity contribution in [3.63, 3.8) is 0 Å². The van der Waals surface area contributed by atoms with Gasteiger partial charge in [0.1, 0.15) is 11.3 Å². The van der Waals surface area contributed by atoms with E-state index >= 15 is 0 Å². The number of nitrogens with zero attached hydrogens (tertiary/aromatic N) is 2. The predicted octanol–water partition coefficient (Wildman–Crippen LogP) is 3.40. The van der Waals surface area contributed by atoms with Crippen LogP contribution in [0.4, 0.5) is 0 Å². The molecule has 16 heavy (non-hydrogen) atoms. The minimum absolute atomic E-state index is 0.000926. The quantitative estimate of drug-likeness (QED) is 0.760. The summed E-state index contributed by atoms with van der Waals surface area (Å²) in [6.45, 7) is 0. The van der Waals surface area contributed by atoms with Gasteiger partial charge in [-0.05, 0) is 24.8 Å². The monoisotopic (exact) mass is 240 g/mol. The Morgan fingerprint density at radius 3 is 2.75 bits per heavy atom. The maximum atomic E-state index is 5.88. The van der Waals surface area contributed by atoms with Crippen molar-refractivity contribution in [1.29, 1.82) is 0 Å². The highest BCUT2D eigenvalue weighted by molar-refractivity contribution is 6.29. The van der Waals surface area contributed by atoms with Crippen molar-refractivity contribution < 1.29 is 4.74 Å². The van der Waals surface area contributed by atoms with Gasteiger partial charge in [0.15, 0.2) is 5.82 Å². The number of halogens is 1. The maximum Gasteiger partial charge on any atom is 0.159 e. The standard InChI is InChI=1S/C12H17ClN2O/c1-16-11(9-5-3-2-4-6-9)12-14-8-7-10(13)15-12/h7-9,11H,2-6H2,1H3. The van der Waals surface area contributed by atoms with Gasteiger partial charge in [0, 0.05) is 13.3 Å². The fourth-order valence-corrected chi connectivity index (χ4v) is 2.58. The molecule has 1 heterocycles. The molecule has 0 bridgehead atoms. The van der Waals surface area contributed by atoms with E-state index in [2.05, 4.69) is 9.97 Å². The molecule has 0 saturated heterocycles. The molecule has 0 spiro atoms. The molecule has 2 rings (SSSR count). The van der Waals surface area contributed by atoms with Crippen LogP contribution >= 0.6 is 11.6 Å². The number of rotatable bonds is 3. The largest absolute Gasteiger partial charge is 0.373 e. The molecule has 1 aliphatic rings. The summed E-state index contributed by atoms with van der Waals surface area (Å²) in [4.78, 5) is 8.51. The normalized spacial score (nSPS) is 19.6. The van der Waals surface area contributed by atoms with Crippen LogP contribution in [-0.2, 0) is 4.74 Å². The first-order chi connectivity index (χ1) is 7.81. The van der Waals surface area contributed by atoms with Crippen LogP contribution in [0, 0.1) is 5.92 Å². The molecule has 4 heteroatoms. The highest BCUT2D eigenvalue weighted by Gasteiger charge is 2.26. The second-order valence-electron chi connectivity index (χ2n) is 4.29. The van der Waals surface area contributed by atoms with E-state index in [1.807, 2.05) is 0 Å². The average molecular weight is 241 g/mol. The van der Waals surface area contributed by atoms with Crippen molar-refractivity contribution in [3.8, 4) is 0 Å². The summed E-state index contributed by atoms with van der Waals surface area (Å²) >= 11 is 5.88. The molecule has 1 saturated carbocycles. The zero-order valence-electron chi connectivity index (χ0n) is 9.53. The summed E-state index contributed by atoms with van der Waals surface area (Å²) in [6, 6.07) is 1.69. The molecule has 1 unspecified atom stereocenters. The molecule has 1 atom stereocenters. The predicted molar refractivity (Wildman–Crippen MR) is 63.4 cm³/mol. The van der Waals surface area contributed by atoms with Gasteiger partial charge in [0.2, 0.25) is 0 Å². The smallest absolute Gasteiger partial charge is 0.159 e. The van der Waals surface area contributed by atoms with Crippen LogP contribution in [0.2, 0.25) is 5.15 Å². The van der Waals surface area contributed by atoms with Gasteiger partial charge in [-0.1, -0.05) is 30.9 Å². The van der Waals surface area contributed by atoms with Crippen LogP contribution in [-0.4, -0.2) is 17.1 Å². The van der Waals surface area contributed by atoms with Gasteiger partial charge in [-0.15, -0.1) is 0 Å². The second-order valence-corrected chi connectivity index (χ2v) is 4.68. The van der Waals surface area contributed by atoms with Crippen LogP contribution in [0.25, 0.3) is 0 Å². The Morgan fingerprint density at radius 1 is 1.38 bits per heavy atom. The van der Waals surface area contributed by atoms with Gasteiger partial charge in [-0.3, -0.25) is 0 Å². The Kier molecular flexibility index (Phi) is 4.13. The van der Waals surface area contributed by atoms with E-state index in [-0.39, 0.29) is 6.10 Å². The van der Waals surface area contributed by atoms with Crippen molar-refractivity contribution in [2.75, 3.05) is 7.11 Å². The maximum absolute atomic E-state index is 5.88. The number of hydrogen-bond acceptors (Lipinski definition) is 3. The van der Waals surface area contributed by atoms with Crippen LogP contribution in [0.1, 0.15) is 44.0 Å². The summed E-state index contributed by atoms with van der Waals surface area (Å²) in [5, 5.41) is 0.489. The van der Waals surface area contributed by atoms with E-state index in [0.717, 1.165) is 5.82 Å². The van der Waals surface area contributed by atoms with E-state index in [1.165, 1.54) is 32.1 Å². The lowest BCUT2D eigenvalue weighted by Crippen LogP contribution is -2.20. The number of ether oxygens (including phenoxy) is 1. The highest BCUT2D eigenvalue weighted by atomic mass is 35.5. The molecule has 0 aromatic carbocycles. The summed E-state index contributed by atoms with van der Waals surface area (Å²) in [7, 11) is 1.73. The van der Waals surface area contributed by atoms with Crippen molar-refractivity contribution >= 4 is 11.6 Å². The van der Waals surface area contributed by atoms with E-state index < -0.39 is 0 Å². The average Bonchev–Trinajstić information content (AvgIpc) is 2.31. The van der Waals surface area contributed by atoms with E-state index in [4.69, 9.17) is 16.3 Å². The number of aromatic nitrogens is 2. The van der Waals surface area contributed by atoms with Crippen molar-refractivity contribution in [2.45, 2.75) is 38.2 Å². The molecule has 1 aliphatic carbocycles. The Balaban J connectivity index is 2.14. The fourth-order valence-electron chi connectivity index (χ4n) is 2.43. The molecule has 88 valence electrons. The lowest BCUT2D eigenvalue weighted by atomic mass is 9.85.